The van der Waals surface area contributed by atoms with Crippen LogP contribution >= 0.6 is 0 Å². The van der Waals surface area contributed by atoms with Crippen LogP contribution < -0.4 is 0 Å². The number of hydrogen-bond acceptors (Lipinski definition) is 3. The number of carbonyl (C=O) groups excluding carboxylic acids is 1. The molecule has 1 aromatic carbocycles. The molecule has 0 N–H and O–H groups in total. The molecule has 0 aliphatic heterocycles. The molecule has 0 bridgehead atoms. The summed E-state index contributed by atoms with van der Waals surface area (Å²) >= 11 is 0. The van der Waals surface area contributed by atoms with Crippen LogP contribution in [0, 0.1) is 6.92 Å². The molecule has 2 aromatic rings. The van der Waals surface area contributed by atoms with Crippen LogP contribution in [0.4, 0.5) is 0 Å². The van der Waals surface area contributed by atoms with Gasteiger partial charge in [0.15, 0.2) is 12.1 Å². The number of aldehydes is 1. The van der Waals surface area contributed by atoms with Crippen LogP contribution in [0.2, 0.25) is 0 Å². The van der Waals surface area contributed by atoms with Gasteiger partial charge in [0.2, 0.25) is 0 Å². The summed E-state index contributed by atoms with van der Waals surface area (Å²) in [7, 11) is 0. The molecular formula is C12H10N2O. The summed E-state index contributed by atoms with van der Waals surface area (Å²) in [4.78, 5) is 18.5. The van der Waals surface area contributed by atoms with E-state index in [1.54, 1.807) is 12.3 Å². The van der Waals surface area contributed by atoms with Gasteiger partial charge in [-0.05, 0) is 19.1 Å². The fourth-order valence-electron chi connectivity index (χ4n) is 1.40. The van der Waals surface area contributed by atoms with Crippen molar-refractivity contribution in [3.63, 3.8) is 0 Å². The summed E-state index contributed by atoms with van der Waals surface area (Å²) in [6.45, 7) is 2.02. The number of nitrogens with zero attached hydrogens (tertiary/aromatic N) is 2. The molecule has 0 radical (unpaired) electrons. The van der Waals surface area contributed by atoms with Gasteiger partial charge in [-0.25, -0.2) is 9.97 Å². The van der Waals surface area contributed by atoms with E-state index < -0.39 is 0 Å². The molecule has 0 aliphatic rings. The largest absolute Gasteiger partial charge is 0.294 e. The molecule has 3 heteroatoms. The third-order valence-electron chi connectivity index (χ3n) is 2.09. The highest BCUT2D eigenvalue weighted by molar-refractivity contribution is 5.71. The van der Waals surface area contributed by atoms with Gasteiger partial charge in [0, 0.05) is 11.8 Å². The summed E-state index contributed by atoms with van der Waals surface area (Å²) < 4.78 is 0. The lowest BCUT2D eigenvalue weighted by Crippen LogP contribution is -1.93. The van der Waals surface area contributed by atoms with E-state index in [2.05, 4.69) is 9.97 Å². The molecule has 0 unspecified atom stereocenters. The lowest BCUT2D eigenvalue weighted by atomic mass is 10.1. The van der Waals surface area contributed by atoms with Crippen LogP contribution in [0.15, 0.2) is 36.5 Å². The molecule has 0 spiro atoms. The van der Waals surface area contributed by atoms with E-state index in [4.69, 9.17) is 0 Å². The first-order valence-electron chi connectivity index (χ1n) is 4.65. The lowest BCUT2D eigenvalue weighted by molar-refractivity contribution is 0.111. The van der Waals surface area contributed by atoms with Crippen LogP contribution in [0.1, 0.15) is 16.2 Å². The molecule has 0 saturated carbocycles. The third kappa shape index (κ3) is 2.07. The van der Waals surface area contributed by atoms with Crippen LogP contribution in [0.25, 0.3) is 11.3 Å². The quantitative estimate of drug-likeness (QED) is 0.695. The fraction of sp³-hybridized carbons (Fsp3) is 0.0833. The van der Waals surface area contributed by atoms with Crippen molar-refractivity contribution in [3.8, 4) is 11.3 Å². The highest BCUT2D eigenvalue weighted by atomic mass is 16.1. The Morgan fingerprint density at radius 2 is 2.13 bits per heavy atom. The maximum absolute atomic E-state index is 10.5. The van der Waals surface area contributed by atoms with Crippen molar-refractivity contribution in [3.05, 3.63) is 47.9 Å². The van der Waals surface area contributed by atoms with Crippen molar-refractivity contribution in [2.75, 3.05) is 0 Å². The van der Waals surface area contributed by atoms with Gasteiger partial charge in [0.25, 0.3) is 0 Å². The number of aryl methyl sites for hydroxylation is 1. The minimum Gasteiger partial charge on any atom is -0.294 e. The third-order valence-corrected chi connectivity index (χ3v) is 2.09. The first-order chi connectivity index (χ1) is 7.29. The van der Waals surface area contributed by atoms with Crippen LogP contribution in [0.5, 0.6) is 0 Å². The molecule has 74 valence electrons. The molecule has 0 aliphatic carbocycles. The van der Waals surface area contributed by atoms with E-state index in [9.17, 15) is 4.79 Å². The van der Waals surface area contributed by atoms with Crippen LogP contribution in [-0.4, -0.2) is 16.3 Å². The van der Waals surface area contributed by atoms with Gasteiger partial charge in [-0.15, -0.1) is 0 Å². The van der Waals surface area contributed by atoms with Gasteiger partial charge in [-0.1, -0.05) is 23.8 Å². The van der Waals surface area contributed by atoms with Crippen molar-refractivity contribution in [2.24, 2.45) is 0 Å². The van der Waals surface area contributed by atoms with Gasteiger partial charge in [-0.3, -0.25) is 4.79 Å². The van der Waals surface area contributed by atoms with Crippen LogP contribution in [0.3, 0.4) is 0 Å². The Hall–Kier alpha value is -2.03. The fourth-order valence-corrected chi connectivity index (χ4v) is 1.40. The lowest BCUT2D eigenvalue weighted by Gasteiger charge is -2.01. The second kappa shape index (κ2) is 4.00. The molecule has 3 nitrogen and oxygen atoms in total. The molecule has 15 heavy (non-hydrogen) atoms. The van der Waals surface area contributed by atoms with Gasteiger partial charge in [-0.2, -0.15) is 0 Å². The number of hydrogen-bond donors (Lipinski definition) is 0. The highest BCUT2D eigenvalue weighted by Gasteiger charge is 2.00. The van der Waals surface area contributed by atoms with Gasteiger partial charge in [0.1, 0.15) is 0 Å². The van der Waals surface area contributed by atoms with E-state index in [1.165, 1.54) is 5.56 Å². The molecule has 0 saturated heterocycles. The maximum atomic E-state index is 10.5. The molecule has 0 amide bonds. The van der Waals surface area contributed by atoms with Crippen molar-refractivity contribution >= 4 is 6.29 Å². The smallest absolute Gasteiger partial charge is 0.193 e. The highest BCUT2D eigenvalue weighted by Crippen LogP contribution is 2.17. The zero-order valence-electron chi connectivity index (χ0n) is 8.34. The van der Waals surface area contributed by atoms with Crippen molar-refractivity contribution in [1.82, 2.24) is 9.97 Å². The number of carbonyl (C=O) groups is 1. The average molecular weight is 198 g/mol. The number of benzene rings is 1. The van der Waals surface area contributed by atoms with E-state index in [0.717, 1.165) is 11.3 Å². The Morgan fingerprint density at radius 3 is 2.87 bits per heavy atom. The molecule has 0 atom stereocenters. The molecular weight excluding hydrogens is 188 g/mol. The molecule has 0 fully saturated rings. The summed E-state index contributed by atoms with van der Waals surface area (Å²) in [5.41, 5.74) is 2.94. The van der Waals surface area contributed by atoms with Crippen molar-refractivity contribution < 1.29 is 4.79 Å². The Bertz CT molecular complexity index is 494. The first kappa shape index (κ1) is 9.52. The second-order valence-corrected chi connectivity index (χ2v) is 3.29. The standard InChI is InChI=1S/C12H10N2O/c1-9-3-2-4-10(7-9)11-5-6-13-12(8-15)14-11/h2-8H,1H3. The predicted molar refractivity (Wildman–Crippen MR) is 57.6 cm³/mol. The van der Waals surface area contributed by atoms with Crippen LogP contribution in [-0.2, 0) is 0 Å². The Labute approximate surface area is 87.8 Å². The zero-order chi connectivity index (χ0) is 10.7. The summed E-state index contributed by atoms with van der Waals surface area (Å²) in [5.74, 6) is 0.217. The summed E-state index contributed by atoms with van der Waals surface area (Å²) in [6, 6.07) is 9.77. The zero-order valence-corrected chi connectivity index (χ0v) is 8.34. The summed E-state index contributed by atoms with van der Waals surface area (Å²) in [5, 5.41) is 0. The minimum absolute atomic E-state index is 0.217. The molecule has 1 heterocycles. The minimum atomic E-state index is 0.217. The number of rotatable bonds is 2. The average Bonchev–Trinajstić information content (AvgIpc) is 2.29. The van der Waals surface area contributed by atoms with E-state index in [0.29, 0.717) is 6.29 Å². The maximum Gasteiger partial charge on any atom is 0.193 e. The number of aromatic nitrogens is 2. The van der Waals surface area contributed by atoms with E-state index in [-0.39, 0.29) is 5.82 Å². The Balaban J connectivity index is 2.49. The monoisotopic (exact) mass is 198 g/mol. The second-order valence-electron chi connectivity index (χ2n) is 3.29. The molecule has 2 rings (SSSR count). The normalized spacial score (nSPS) is 9.93. The summed E-state index contributed by atoms with van der Waals surface area (Å²) in [6.07, 6.45) is 2.24. The SMILES string of the molecule is Cc1cccc(-c2ccnc(C=O)n2)c1. The Kier molecular flexibility index (Phi) is 2.54. The van der Waals surface area contributed by atoms with E-state index in [1.807, 2.05) is 31.2 Å². The van der Waals surface area contributed by atoms with Crippen molar-refractivity contribution in [2.45, 2.75) is 6.92 Å². The predicted octanol–water partition coefficient (Wildman–Crippen LogP) is 2.26. The van der Waals surface area contributed by atoms with Gasteiger partial charge in [0.05, 0.1) is 5.69 Å². The molecule has 1 aromatic heterocycles. The van der Waals surface area contributed by atoms with Crippen molar-refractivity contribution in [1.29, 1.82) is 0 Å². The first-order valence-corrected chi connectivity index (χ1v) is 4.65. The van der Waals surface area contributed by atoms with Gasteiger partial charge < -0.3 is 0 Å². The van der Waals surface area contributed by atoms with E-state index >= 15 is 0 Å². The Morgan fingerprint density at radius 1 is 1.27 bits per heavy atom. The van der Waals surface area contributed by atoms with Gasteiger partial charge >= 0.3 is 0 Å². The topological polar surface area (TPSA) is 42.9 Å².